The molecule has 29 heavy (non-hydrogen) atoms. The van der Waals surface area contributed by atoms with Gasteiger partial charge in [-0.25, -0.2) is 18.7 Å². The summed E-state index contributed by atoms with van der Waals surface area (Å²) in [5.41, 5.74) is 0.658. The van der Waals surface area contributed by atoms with Crippen molar-refractivity contribution < 1.29 is 27.1 Å². The molecule has 0 atom stereocenters. The number of alkyl halides is 4. The summed E-state index contributed by atoms with van der Waals surface area (Å²) in [6.45, 7) is -2.15. The smallest absolute Gasteiger partial charge is 0.387 e. The molecule has 1 amide bonds. The first-order valence-corrected chi connectivity index (χ1v) is 8.39. The van der Waals surface area contributed by atoms with E-state index >= 15 is 0 Å². The first-order chi connectivity index (χ1) is 13.7. The average Bonchev–Trinajstić information content (AvgIpc) is 2.68. The third-order valence-corrected chi connectivity index (χ3v) is 3.88. The van der Waals surface area contributed by atoms with Crippen LogP contribution in [-0.2, 0) is 5.92 Å². The van der Waals surface area contributed by atoms with Crippen LogP contribution in [-0.4, -0.2) is 22.5 Å². The lowest BCUT2D eigenvalue weighted by atomic mass is 10.1. The van der Waals surface area contributed by atoms with Gasteiger partial charge < -0.3 is 10.1 Å². The fraction of sp³-hybridized carbons (Fsp3) is 0.150. The van der Waals surface area contributed by atoms with Gasteiger partial charge in [-0.2, -0.15) is 8.78 Å². The molecule has 0 saturated carbocycles. The number of anilines is 1. The van der Waals surface area contributed by atoms with E-state index in [1.807, 2.05) is 0 Å². The molecule has 1 aromatic heterocycles. The number of amides is 1. The molecule has 0 spiro atoms. The molecule has 0 bridgehead atoms. The number of aromatic nitrogens is 2. The Labute approximate surface area is 163 Å². The number of carbonyl (C=O) groups excluding carboxylic acids is 1. The molecule has 9 heteroatoms. The van der Waals surface area contributed by atoms with E-state index in [1.165, 1.54) is 60.9 Å². The molecule has 2 aromatic carbocycles. The Morgan fingerprint density at radius 1 is 1.07 bits per heavy atom. The number of hydrogen-bond acceptors (Lipinski definition) is 4. The number of ether oxygens (including phenoxy) is 1. The van der Waals surface area contributed by atoms with Gasteiger partial charge in [0.05, 0.1) is 5.56 Å². The van der Waals surface area contributed by atoms with Gasteiger partial charge in [0.2, 0.25) is 0 Å². The summed E-state index contributed by atoms with van der Waals surface area (Å²) < 4.78 is 55.4. The summed E-state index contributed by atoms with van der Waals surface area (Å²) in [5, 5.41) is 2.52. The van der Waals surface area contributed by atoms with Crippen molar-refractivity contribution in [3.63, 3.8) is 0 Å². The number of nitrogens with zero attached hydrogens (tertiary/aromatic N) is 2. The number of hydrogen-bond donors (Lipinski definition) is 1. The molecule has 3 aromatic rings. The fourth-order valence-electron chi connectivity index (χ4n) is 2.45. The zero-order valence-corrected chi connectivity index (χ0v) is 15.1. The molecule has 0 unspecified atom stereocenters. The summed E-state index contributed by atoms with van der Waals surface area (Å²) in [6, 6.07) is 11.1. The van der Waals surface area contributed by atoms with Gasteiger partial charge in [-0.3, -0.25) is 4.79 Å². The van der Waals surface area contributed by atoms with E-state index in [0.717, 1.165) is 6.92 Å². The molecule has 0 fully saturated rings. The molecule has 0 aliphatic heterocycles. The van der Waals surface area contributed by atoms with Crippen molar-refractivity contribution in [3.05, 3.63) is 72.1 Å². The number of rotatable bonds is 6. The largest absolute Gasteiger partial charge is 0.435 e. The minimum atomic E-state index is -3.03. The lowest BCUT2D eigenvalue weighted by molar-refractivity contribution is -0.0498. The molecule has 1 heterocycles. The molecule has 0 saturated heterocycles. The highest BCUT2D eigenvalue weighted by Gasteiger charge is 2.24. The van der Waals surface area contributed by atoms with Crippen LogP contribution in [0, 0.1) is 0 Å². The maximum atomic E-state index is 13.4. The predicted molar refractivity (Wildman–Crippen MR) is 98.1 cm³/mol. The second-order valence-electron chi connectivity index (χ2n) is 6.12. The van der Waals surface area contributed by atoms with Crippen LogP contribution >= 0.6 is 0 Å². The maximum Gasteiger partial charge on any atom is 0.387 e. The Bertz CT molecular complexity index is 988. The summed E-state index contributed by atoms with van der Waals surface area (Å²) in [6.07, 6.45) is 2.55. The Balaban J connectivity index is 1.71. The van der Waals surface area contributed by atoms with Gasteiger partial charge in [0.1, 0.15) is 5.75 Å². The second kappa shape index (κ2) is 8.26. The van der Waals surface area contributed by atoms with Crippen molar-refractivity contribution in [2.24, 2.45) is 0 Å². The molecule has 0 aliphatic rings. The third-order valence-electron chi connectivity index (χ3n) is 3.88. The normalized spacial score (nSPS) is 11.4. The van der Waals surface area contributed by atoms with Crippen molar-refractivity contribution >= 4 is 11.6 Å². The van der Waals surface area contributed by atoms with Crippen LogP contribution in [0.2, 0.25) is 0 Å². The van der Waals surface area contributed by atoms with Crippen molar-refractivity contribution in [2.75, 3.05) is 5.32 Å². The number of nitrogens with one attached hydrogen (secondary N) is 1. The van der Waals surface area contributed by atoms with Crippen LogP contribution in [0.1, 0.15) is 22.8 Å². The fourth-order valence-corrected chi connectivity index (χ4v) is 2.45. The van der Waals surface area contributed by atoms with Crippen LogP contribution in [0.15, 0.2) is 60.9 Å². The van der Waals surface area contributed by atoms with Gasteiger partial charge in [0, 0.05) is 36.1 Å². The first kappa shape index (κ1) is 20.2. The molecule has 150 valence electrons. The predicted octanol–water partition coefficient (Wildman–Crippen LogP) is 5.11. The van der Waals surface area contributed by atoms with E-state index in [1.54, 1.807) is 0 Å². The highest BCUT2D eigenvalue weighted by atomic mass is 19.3. The quantitative estimate of drug-likeness (QED) is 0.579. The minimum absolute atomic E-state index is 0.000338. The number of halogens is 4. The van der Waals surface area contributed by atoms with Crippen LogP contribution in [0.5, 0.6) is 5.75 Å². The summed E-state index contributed by atoms with van der Waals surface area (Å²) in [7, 11) is 0. The van der Waals surface area contributed by atoms with Crippen LogP contribution in [0.4, 0.5) is 23.2 Å². The van der Waals surface area contributed by atoms with Crippen LogP contribution < -0.4 is 10.1 Å². The molecule has 5 nitrogen and oxygen atoms in total. The monoisotopic (exact) mass is 405 g/mol. The Morgan fingerprint density at radius 3 is 2.31 bits per heavy atom. The lowest BCUT2D eigenvalue weighted by Gasteiger charge is -2.12. The second-order valence-corrected chi connectivity index (χ2v) is 6.12. The SMILES string of the molecule is CC(F)(F)c1cccc(NC(=O)c2cnc(-c3ccc(OC(F)F)cc3)nc2)c1. The number of benzene rings is 2. The lowest BCUT2D eigenvalue weighted by Crippen LogP contribution is -2.14. The van der Waals surface area contributed by atoms with Gasteiger partial charge in [-0.15, -0.1) is 0 Å². The summed E-state index contributed by atoms with van der Waals surface area (Å²) in [5.74, 6) is -3.31. The van der Waals surface area contributed by atoms with Gasteiger partial charge in [-0.1, -0.05) is 12.1 Å². The van der Waals surface area contributed by atoms with E-state index in [2.05, 4.69) is 20.0 Å². The molecular formula is C20H15F4N3O2. The zero-order valence-electron chi connectivity index (χ0n) is 15.1. The molecular weight excluding hydrogens is 390 g/mol. The Kier molecular flexibility index (Phi) is 5.76. The molecule has 3 rings (SSSR count). The Morgan fingerprint density at radius 2 is 1.72 bits per heavy atom. The van der Waals surface area contributed by atoms with Gasteiger partial charge in [-0.05, 0) is 36.4 Å². The zero-order chi connectivity index (χ0) is 21.0. The highest BCUT2D eigenvalue weighted by Crippen LogP contribution is 2.28. The summed E-state index contributed by atoms with van der Waals surface area (Å²) >= 11 is 0. The van der Waals surface area contributed by atoms with Crippen LogP contribution in [0.3, 0.4) is 0 Å². The van der Waals surface area contributed by atoms with Gasteiger partial charge in [0.25, 0.3) is 11.8 Å². The average molecular weight is 405 g/mol. The van der Waals surface area contributed by atoms with Crippen LogP contribution in [0.25, 0.3) is 11.4 Å². The van der Waals surface area contributed by atoms with Crippen molar-refractivity contribution in [1.82, 2.24) is 9.97 Å². The van der Waals surface area contributed by atoms with E-state index in [-0.39, 0.29) is 28.4 Å². The minimum Gasteiger partial charge on any atom is -0.435 e. The van der Waals surface area contributed by atoms with Gasteiger partial charge in [0.15, 0.2) is 5.82 Å². The first-order valence-electron chi connectivity index (χ1n) is 8.39. The third kappa shape index (κ3) is 5.28. The van der Waals surface area contributed by atoms with Crippen molar-refractivity contribution in [3.8, 4) is 17.1 Å². The van der Waals surface area contributed by atoms with E-state index in [4.69, 9.17) is 0 Å². The maximum absolute atomic E-state index is 13.4. The van der Waals surface area contributed by atoms with Crippen molar-refractivity contribution in [2.45, 2.75) is 19.5 Å². The molecule has 0 radical (unpaired) electrons. The standard InChI is InChI=1S/C20H15F4N3O2/c1-20(23,24)14-3-2-4-15(9-14)27-18(28)13-10-25-17(26-11-13)12-5-7-16(8-6-12)29-19(21)22/h2-11,19H,1H3,(H,27,28). The highest BCUT2D eigenvalue weighted by molar-refractivity contribution is 6.03. The van der Waals surface area contributed by atoms with E-state index in [0.29, 0.717) is 5.56 Å². The van der Waals surface area contributed by atoms with E-state index in [9.17, 15) is 22.4 Å². The number of carbonyl (C=O) groups is 1. The van der Waals surface area contributed by atoms with E-state index < -0.39 is 18.4 Å². The van der Waals surface area contributed by atoms with Crippen molar-refractivity contribution in [1.29, 1.82) is 0 Å². The summed E-state index contributed by atoms with van der Waals surface area (Å²) in [4.78, 5) is 20.5. The topological polar surface area (TPSA) is 64.1 Å². The molecule has 1 N–H and O–H groups in total. The molecule has 0 aliphatic carbocycles. The van der Waals surface area contributed by atoms with Gasteiger partial charge >= 0.3 is 6.61 Å². The Hall–Kier alpha value is -3.49.